The van der Waals surface area contributed by atoms with Gasteiger partial charge in [-0.2, -0.15) is 33.7 Å². The second kappa shape index (κ2) is 36.1. The first-order valence-corrected chi connectivity index (χ1v) is 35.6. The Labute approximate surface area is 594 Å². The number of nitrogens with two attached hydrogens (primary N) is 1. The van der Waals surface area contributed by atoms with Gasteiger partial charge in [0.15, 0.2) is 21.7 Å². The van der Waals surface area contributed by atoms with Crippen LogP contribution in [0.15, 0.2) is 121 Å². The maximum atomic E-state index is 13.7. The molecular formula is C65H67N17O14S5. The summed E-state index contributed by atoms with van der Waals surface area (Å²) in [5, 5.41) is 43.3. The number of methoxy groups -OCH3 is 2. The van der Waals surface area contributed by atoms with Crippen LogP contribution in [0, 0.1) is 17.9 Å². The number of thiophene rings is 2. The van der Waals surface area contributed by atoms with Crippen molar-refractivity contribution < 1.29 is 63.8 Å². The Kier molecular flexibility index (Phi) is 27.6. The summed E-state index contributed by atoms with van der Waals surface area (Å²) in [6, 6.07) is 21.9. The molecule has 0 saturated heterocycles. The smallest absolute Gasteiger partial charge is 0.425 e. The predicted octanol–water partition coefficient (Wildman–Crippen LogP) is 13.0. The SMILES string of the molecule is O=S(=O)=O.[C-]#[N+]c1cc(/C=C(\C(C)=O)C(=O)Nc2cccc(NC=O)c2)sc1N=Nc1cc(OC)c(N(CC)CC)cc1Nc1nc(Nc2cc(N(CC)CC)c(OC)cc2N=Nc2sc(/C=C(/C(C)=O)C(=O)Nc3cccc(C(N)=O)c3)c(S(=O)(=O)O)c2C#N)nc(SC2CCCCC2)n1. The van der Waals surface area contributed by atoms with E-state index in [4.69, 9.17) is 49.4 Å². The first kappa shape index (κ1) is 77.2. The minimum absolute atomic E-state index is 0.0118. The quantitative estimate of drug-likeness (QED) is 0.00418. The highest BCUT2D eigenvalue weighted by Crippen LogP contribution is 2.47. The highest BCUT2D eigenvalue weighted by atomic mass is 32.2. The van der Waals surface area contributed by atoms with Gasteiger partial charge >= 0.3 is 10.6 Å². The summed E-state index contributed by atoms with van der Waals surface area (Å²) in [6.45, 7) is 20.5. The molecule has 7 aromatic rings. The average molecular weight is 1470 g/mol. The number of benzene rings is 4. The molecule has 3 aromatic heterocycles. The van der Waals surface area contributed by atoms with Crippen LogP contribution in [0.25, 0.3) is 17.0 Å². The number of Topliss-reactive ketones (excluding diaryl/α,β-unsaturated/α-hetero) is 2. The number of nitrogens with zero attached hydrogens (tertiary/aromatic N) is 11. The van der Waals surface area contributed by atoms with E-state index in [-0.39, 0.29) is 66.7 Å². The zero-order valence-electron chi connectivity index (χ0n) is 55.5. The number of primary amides is 1. The molecule has 1 aliphatic rings. The molecular weight excluding hydrogens is 1400 g/mol. The van der Waals surface area contributed by atoms with Crippen LogP contribution < -0.4 is 51.6 Å². The molecule has 31 nitrogen and oxygen atoms in total. The second-order valence-corrected chi connectivity index (χ2v) is 26.5. The van der Waals surface area contributed by atoms with E-state index in [0.717, 1.165) is 56.4 Å². The standard InChI is InChI=1S/C65H67N17O11S4.O3S/c1-10-81(11-2)52-30-47(49(32-54(52)92-8)77-79-61-46(34-66)57(97(89,90)91)56(96-61)29-45(37(6)85)60(88)70-40-21-17-19-38(25-40)58(67)86)72-63-74-64(76-65(75-63)95-42-23-15-14-16-24-42)73-48-31-53(82(12-3)13-4)55(93-9)33-50(48)78-80-62-51(68-7)28-43(94-62)27-44(36(5)84)59(87)71-41-22-18-20-39(26-41)69-35-83;1-4(2)3/h17-22,25-33,35,42H,10-16,23-24H2,1-6,8-9H3,(H2,67,86)(H,69,83)(H,70,88)(H,71,87)(H,89,90,91)(H2,72,73,74,75,76);/b44-27+,45-29-,79-77?,80-78?;. The van der Waals surface area contributed by atoms with Crippen LogP contribution in [0.3, 0.4) is 0 Å². The molecule has 4 aromatic carbocycles. The molecule has 1 fully saturated rings. The van der Waals surface area contributed by atoms with Gasteiger partial charge in [-0.15, -0.1) is 50.6 Å². The summed E-state index contributed by atoms with van der Waals surface area (Å²) in [6.07, 6.45) is 7.66. The average Bonchev–Trinajstić information content (AvgIpc) is 1.70. The molecule has 4 amide bonds. The number of ether oxygens (including phenoxy) is 2. The molecule has 0 radical (unpaired) electrons. The number of hydrogen-bond acceptors (Lipinski definition) is 28. The van der Waals surface area contributed by atoms with Gasteiger partial charge in [-0.05, 0) is 121 Å². The number of aromatic nitrogens is 3. The number of carbonyl (C=O) groups excluding carboxylic acids is 6. The second-order valence-electron chi connectivity index (χ2n) is 21.4. The third-order valence-corrected chi connectivity index (χ3v) is 19.1. The fourth-order valence-corrected chi connectivity index (χ4v) is 14.2. The number of thioether (sulfide) groups is 1. The Morgan fingerprint density at radius 3 is 1.72 bits per heavy atom. The number of azo groups is 2. The van der Waals surface area contributed by atoms with Crippen molar-refractivity contribution in [3.05, 3.63) is 122 Å². The highest BCUT2D eigenvalue weighted by Gasteiger charge is 2.30. The van der Waals surface area contributed by atoms with E-state index < -0.39 is 70.9 Å². The monoisotopic (exact) mass is 1470 g/mol. The Morgan fingerprint density at radius 2 is 1.25 bits per heavy atom. The lowest BCUT2D eigenvalue weighted by Gasteiger charge is -2.25. The van der Waals surface area contributed by atoms with Crippen molar-refractivity contribution >= 4 is 182 Å². The van der Waals surface area contributed by atoms with Crippen molar-refractivity contribution in [3.63, 3.8) is 0 Å². The maximum absolute atomic E-state index is 13.7. The van der Waals surface area contributed by atoms with E-state index in [9.17, 15) is 47.0 Å². The van der Waals surface area contributed by atoms with E-state index in [2.05, 4.69) is 56.8 Å². The first-order chi connectivity index (χ1) is 48.3. The van der Waals surface area contributed by atoms with Crippen molar-refractivity contribution in [1.29, 1.82) is 5.26 Å². The van der Waals surface area contributed by atoms with E-state index >= 15 is 0 Å². The minimum Gasteiger partial charge on any atom is -0.494 e. The van der Waals surface area contributed by atoms with Gasteiger partial charge in [0, 0.05) is 71.1 Å². The van der Waals surface area contributed by atoms with Gasteiger partial charge in [0.05, 0.1) is 59.6 Å². The number of anilines is 9. The lowest BCUT2D eigenvalue weighted by molar-refractivity contribution is -0.120. The Balaban J connectivity index is 0.00000348. The normalized spacial score (nSPS) is 12.5. The number of nitriles is 1. The number of nitrogens with one attached hydrogen (secondary N) is 5. The fraction of sp³-hybridized carbons (Fsp3) is 0.277. The van der Waals surface area contributed by atoms with Crippen LogP contribution in [0.2, 0.25) is 0 Å². The minimum atomic E-state index is -5.27. The number of amides is 4. The Hall–Kier alpha value is -11.2. The highest BCUT2D eigenvalue weighted by molar-refractivity contribution is 7.99. The number of carbonyl (C=O) groups is 6. The molecule has 0 spiro atoms. The third kappa shape index (κ3) is 20.7. The van der Waals surface area contributed by atoms with Crippen LogP contribution in [0.4, 0.5) is 78.8 Å². The van der Waals surface area contributed by atoms with E-state index in [1.807, 2.05) is 32.6 Å². The van der Waals surface area contributed by atoms with Gasteiger partial charge in [-0.25, -0.2) is 4.85 Å². The summed E-state index contributed by atoms with van der Waals surface area (Å²) in [5.74, 6) is -3.08. The van der Waals surface area contributed by atoms with Gasteiger partial charge in [0.1, 0.15) is 44.4 Å². The molecule has 8 N–H and O–H groups in total. The molecule has 36 heteroatoms. The number of rotatable bonds is 30. The van der Waals surface area contributed by atoms with Gasteiger partial charge in [-0.3, -0.25) is 33.3 Å². The van der Waals surface area contributed by atoms with E-state index in [0.29, 0.717) is 93.9 Å². The number of ketones is 2. The molecule has 0 atom stereocenters. The van der Waals surface area contributed by atoms with E-state index in [1.54, 1.807) is 48.5 Å². The molecule has 0 unspecified atom stereocenters. The lowest BCUT2D eigenvalue weighted by Crippen LogP contribution is -2.22. The summed E-state index contributed by atoms with van der Waals surface area (Å²) in [4.78, 5) is 97.7. The topological polar surface area (TPSA) is 435 Å². The van der Waals surface area contributed by atoms with Crippen LogP contribution >= 0.6 is 34.4 Å². The Morgan fingerprint density at radius 1 is 0.743 bits per heavy atom. The maximum Gasteiger partial charge on any atom is 0.425 e. The van der Waals surface area contributed by atoms with Crippen molar-refractivity contribution in [3.8, 4) is 17.6 Å². The molecule has 101 heavy (non-hydrogen) atoms. The molecule has 0 aliphatic heterocycles. The van der Waals surface area contributed by atoms with Gasteiger partial charge in [0.2, 0.25) is 29.9 Å². The summed E-state index contributed by atoms with van der Waals surface area (Å²) < 4.78 is 74.1. The fourth-order valence-electron chi connectivity index (χ4n) is 10.1. The van der Waals surface area contributed by atoms with Crippen LogP contribution in [0.5, 0.6) is 11.5 Å². The first-order valence-electron chi connectivity index (χ1n) is 30.6. The summed E-state index contributed by atoms with van der Waals surface area (Å²) in [5.41, 5.74) is 7.04. The molecule has 8 rings (SSSR count). The zero-order chi connectivity index (χ0) is 73.7. The van der Waals surface area contributed by atoms with Crippen molar-refractivity contribution in [2.45, 2.75) is 88.9 Å². The summed E-state index contributed by atoms with van der Waals surface area (Å²) >= 11 is 3.03. The molecule has 1 saturated carbocycles. The lowest BCUT2D eigenvalue weighted by atomic mass is 10.0. The van der Waals surface area contributed by atoms with Crippen molar-refractivity contribution in [2.24, 2.45) is 26.2 Å². The molecule has 1 aliphatic carbocycles. The number of hydrogen-bond donors (Lipinski definition) is 7. The van der Waals surface area contributed by atoms with Crippen LogP contribution in [-0.4, -0.2) is 122 Å². The van der Waals surface area contributed by atoms with Crippen molar-refractivity contribution in [1.82, 2.24) is 15.0 Å². The summed E-state index contributed by atoms with van der Waals surface area (Å²) in [7, 11) is -5.40. The Bertz CT molecular complexity index is 4770. The van der Waals surface area contributed by atoms with Crippen LogP contribution in [0.1, 0.15) is 99.3 Å². The van der Waals surface area contributed by atoms with Crippen LogP contribution in [-0.2, 0) is 44.7 Å². The predicted molar refractivity (Wildman–Crippen MR) is 385 cm³/mol. The van der Waals surface area contributed by atoms with Gasteiger partial charge in [-0.1, -0.05) is 43.2 Å². The molecule has 0 bridgehead atoms. The largest absolute Gasteiger partial charge is 0.494 e. The van der Waals surface area contributed by atoms with Gasteiger partial charge in [0.25, 0.3) is 21.9 Å². The third-order valence-electron chi connectivity index (χ3n) is 14.9. The molecule has 3 heterocycles. The zero-order valence-corrected chi connectivity index (χ0v) is 59.6. The van der Waals surface area contributed by atoms with Gasteiger partial charge < -0.3 is 51.6 Å². The van der Waals surface area contributed by atoms with Crippen molar-refractivity contribution in [2.75, 3.05) is 76.8 Å². The molecule has 526 valence electrons. The van der Waals surface area contributed by atoms with E-state index in [1.165, 1.54) is 75.4 Å².